The van der Waals surface area contributed by atoms with E-state index in [1.165, 1.54) is 6.07 Å². The first-order valence-corrected chi connectivity index (χ1v) is 6.14. The lowest BCUT2D eigenvalue weighted by molar-refractivity contribution is 0.164. The van der Waals surface area contributed by atoms with Crippen LogP contribution in [0, 0.1) is 11.6 Å². The van der Waals surface area contributed by atoms with E-state index in [2.05, 4.69) is 4.98 Å². The highest BCUT2D eigenvalue weighted by Gasteiger charge is 2.10. The Morgan fingerprint density at radius 1 is 1.32 bits per heavy atom. The maximum atomic E-state index is 13.0. The molecule has 0 fully saturated rings. The predicted octanol–water partition coefficient (Wildman–Crippen LogP) is 2.23. The van der Waals surface area contributed by atoms with Crippen LogP contribution < -0.4 is 0 Å². The summed E-state index contributed by atoms with van der Waals surface area (Å²) in [6, 6.07) is 3.69. The topological polar surface area (TPSA) is 38.0 Å². The molecule has 0 amide bonds. The van der Waals surface area contributed by atoms with Gasteiger partial charge in [0.05, 0.1) is 6.10 Å². The number of hydrogen-bond donors (Lipinski definition) is 1. The Labute approximate surface area is 110 Å². The third-order valence-corrected chi connectivity index (χ3v) is 3.08. The van der Waals surface area contributed by atoms with Gasteiger partial charge < -0.3 is 9.67 Å². The first-order chi connectivity index (χ1) is 9.06. The first kappa shape index (κ1) is 13.7. The van der Waals surface area contributed by atoms with Gasteiger partial charge in [-0.25, -0.2) is 13.8 Å². The summed E-state index contributed by atoms with van der Waals surface area (Å²) in [4.78, 5) is 4.16. The SMILES string of the molecule is Cn1ccnc1CCC(O)Cc1ccc(F)c(F)c1. The lowest BCUT2D eigenvalue weighted by Crippen LogP contribution is -2.13. The largest absolute Gasteiger partial charge is 0.393 e. The van der Waals surface area contributed by atoms with Gasteiger partial charge in [-0.1, -0.05) is 6.07 Å². The summed E-state index contributed by atoms with van der Waals surface area (Å²) in [5.41, 5.74) is 0.589. The van der Waals surface area contributed by atoms with E-state index in [4.69, 9.17) is 0 Å². The Morgan fingerprint density at radius 2 is 2.11 bits per heavy atom. The Hall–Kier alpha value is -1.75. The normalized spacial score (nSPS) is 12.6. The molecule has 102 valence electrons. The fourth-order valence-electron chi connectivity index (χ4n) is 1.97. The minimum atomic E-state index is -0.881. The lowest BCUT2D eigenvalue weighted by Gasteiger charge is -2.10. The van der Waals surface area contributed by atoms with E-state index in [1.54, 1.807) is 6.20 Å². The number of hydrogen-bond acceptors (Lipinski definition) is 2. The minimum Gasteiger partial charge on any atom is -0.393 e. The van der Waals surface area contributed by atoms with Crippen molar-refractivity contribution in [3.05, 3.63) is 53.6 Å². The molecule has 1 aromatic carbocycles. The molecule has 0 spiro atoms. The molecule has 0 aliphatic rings. The highest BCUT2D eigenvalue weighted by atomic mass is 19.2. The molecule has 2 rings (SSSR count). The van der Waals surface area contributed by atoms with Crippen molar-refractivity contribution < 1.29 is 13.9 Å². The number of halogens is 2. The molecule has 1 aromatic heterocycles. The summed E-state index contributed by atoms with van der Waals surface area (Å²) >= 11 is 0. The zero-order valence-corrected chi connectivity index (χ0v) is 10.7. The Bertz CT molecular complexity index is 554. The van der Waals surface area contributed by atoms with Crippen LogP contribution in [0.4, 0.5) is 8.78 Å². The van der Waals surface area contributed by atoms with Gasteiger partial charge in [0.25, 0.3) is 0 Å². The van der Waals surface area contributed by atoms with Crippen LogP contribution >= 0.6 is 0 Å². The molecular formula is C14H16F2N2O. The third-order valence-electron chi connectivity index (χ3n) is 3.08. The van der Waals surface area contributed by atoms with Crippen molar-refractivity contribution in [2.75, 3.05) is 0 Å². The molecule has 0 saturated carbocycles. The summed E-state index contributed by atoms with van der Waals surface area (Å²) < 4.78 is 27.7. The van der Waals surface area contributed by atoms with E-state index in [-0.39, 0.29) is 0 Å². The van der Waals surface area contributed by atoms with E-state index >= 15 is 0 Å². The predicted molar refractivity (Wildman–Crippen MR) is 67.6 cm³/mol. The standard InChI is InChI=1S/C14H16F2N2O/c1-18-7-6-17-14(18)5-3-11(19)8-10-2-4-12(15)13(16)9-10/h2,4,6-7,9,11,19H,3,5,8H2,1H3. The average molecular weight is 266 g/mol. The van der Waals surface area contributed by atoms with Gasteiger partial charge in [-0.15, -0.1) is 0 Å². The van der Waals surface area contributed by atoms with E-state index in [9.17, 15) is 13.9 Å². The van der Waals surface area contributed by atoms with Crippen molar-refractivity contribution in [3.8, 4) is 0 Å². The summed E-state index contributed by atoms with van der Waals surface area (Å²) in [6.07, 6.45) is 4.44. The van der Waals surface area contributed by atoms with Gasteiger partial charge in [-0.3, -0.25) is 0 Å². The fourth-order valence-corrected chi connectivity index (χ4v) is 1.97. The second-order valence-electron chi connectivity index (χ2n) is 4.60. The number of aliphatic hydroxyl groups is 1. The molecule has 2 aromatic rings. The van der Waals surface area contributed by atoms with Gasteiger partial charge in [0.15, 0.2) is 11.6 Å². The van der Waals surface area contributed by atoms with E-state index in [1.807, 2.05) is 17.8 Å². The third kappa shape index (κ3) is 3.61. The number of nitrogens with zero attached hydrogens (tertiary/aromatic N) is 2. The quantitative estimate of drug-likeness (QED) is 0.901. The van der Waals surface area contributed by atoms with Crippen molar-refractivity contribution >= 4 is 0 Å². The highest BCUT2D eigenvalue weighted by molar-refractivity contribution is 5.18. The first-order valence-electron chi connectivity index (χ1n) is 6.14. The summed E-state index contributed by atoms with van der Waals surface area (Å²) in [7, 11) is 1.89. The number of benzene rings is 1. The van der Waals surface area contributed by atoms with Gasteiger partial charge in [0.2, 0.25) is 0 Å². The van der Waals surface area contributed by atoms with Crippen molar-refractivity contribution in [1.82, 2.24) is 9.55 Å². The van der Waals surface area contributed by atoms with Gasteiger partial charge in [-0.2, -0.15) is 0 Å². The van der Waals surface area contributed by atoms with Crippen LogP contribution in [0.1, 0.15) is 17.8 Å². The van der Waals surface area contributed by atoms with Crippen LogP contribution in [-0.2, 0) is 19.9 Å². The van der Waals surface area contributed by atoms with Crippen molar-refractivity contribution in [2.24, 2.45) is 7.05 Å². The number of rotatable bonds is 5. The fraction of sp³-hybridized carbons (Fsp3) is 0.357. The van der Waals surface area contributed by atoms with Crippen LogP contribution in [0.3, 0.4) is 0 Å². The molecule has 1 heterocycles. The Kier molecular flexibility index (Phi) is 4.27. The van der Waals surface area contributed by atoms with Crippen molar-refractivity contribution in [1.29, 1.82) is 0 Å². The number of aromatic nitrogens is 2. The second kappa shape index (κ2) is 5.93. The zero-order valence-electron chi connectivity index (χ0n) is 10.7. The zero-order chi connectivity index (χ0) is 13.8. The van der Waals surface area contributed by atoms with Gasteiger partial charge >= 0.3 is 0 Å². The molecule has 19 heavy (non-hydrogen) atoms. The van der Waals surface area contributed by atoms with Crippen LogP contribution in [0.15, 0.2) is 30.6 Å². The molecule has 0 aliphatic heterocycles. The van der Waals surface area contributed by atoms with E-state index in [0.29, 0.717) is 24.8 Å². The minimum absolute atomic E-state index is 0.307. The van der Waals surface area contributed by atoms with Crippen LogP contribution in [0.5, 0.6) is 0 Å². The van der Waals surface area contributed by atoms with Crippen LogP contribution in [0.2, 0.25) is 0 Å². The molecule has 1 N–H and O–H groups in total. The average Bonchev–Trinajstić information content (AvgIpc) is 2.77. The second-order valence-corrected chi connectivity index (χ2v) is 4.60. The van der Waals surface area contributed by atoms with Gasteiger partial charge in [0.1, 0.15) is 5.82 Å². The van der Waals surface area contributed by atoms with E-state index in [0.717, 1.165) is 18.0 Å². The molecule has 0 saturated heterocycles. The maximum Gasteiger partial charge on any atom is 0.159 e. The van der Waals surface area contributed by atoms with Crippen LogP contribution in [-0.4, -0.2) is 20.8 Å². The monoisotopic (exact) mass is 266 g/mol. The van der Waals surface area contributed by atoms with Gasteiger partial charge in [-0.05, 0) is 30.5 Å². The summed E-state index contributed by atoms with van der Waals surface area (Å²) in [5.74, 6) is -0.857. The lowest BCUT2D eigenvalue weighted by atomic mass is 10.0. The molecule has 0 aliphatic carbocycles. The van der Waals surface area contributed by atoms with Crippen LogP contribution in [0.25, 0.3) is 0 Å². The van der Waals surface area contributed by atoms with Crippen molar-refractivity contribution in [2.45, 2.75) is 25.4 Å². The summed E-state index contributed by atoms with van der Waals surface area (Å²) in [6.45, 7) is 0. The molecule has 5 heteroatoms. The Balaban J connectivity index is 1.88. The molecular weight excluding hydrogens is 250 g/mol. The number of imidazole rings is 1. The molecule has 3 nitrogen and oxygen atoms in total. The molecule has 0 bridgehead atoms. The smallest absolute Gasteiger partial charge is 0.159 e. The Morgan fingerprint density at radius 3 is 2.74 bits per heavy atom. The molecule has 1 unspecified atom stereocenters. The molecule has 1 atom stereocenters. The molecule has 0 radical (unpaired) electrons. The number of aliphatic hydroxyl groups excluding tert-OH is 1. The maximum absolute atomic E-state index is 13.0. The highest BCUT2D eigenvalue weighted by Crippen LogP contribution is 2.12. The summed E-state index contributed by atoms with van der Waals surface area (Å²) in [5, 5.41) is 9.90. The van der Waals surface area contributed by atoms with Crippen molar-refractivity contribution in [3.63, 3.8) is 0 Å². The van der Waals surface area contributed by atoms with E-state index < -0.39 is 17.7 Å². The van der Waals surface area contributed by atoms with Gasteiger partial charge in [0, 0.05) is 25.9 Å². The number of aryl methyl sites for hydroxylation is 2.